The van der Waals surface area contributed by atoms with Crippen LogP contribution in [0.2, 0.25) is 0 Å². The molecule has 12 heteroatoms. The second-order valence-corrected chi connectivity index (χ2v) is 8.75. The third kappa shape index (κ3) is 4.75. The molecular weight excluding hydrogens is 459 g/mol. The number of nitrogens with zero attached hydrogens (tertiary/aromatic N) is 4. The Morgan fingerprint density at radius 3 is 2.30 bits per heavy atom. The first kappa shape index (κ1) is 22.5. The summed E-state index contributed by atoms with van der Waals surface area (Å²) in [6.45, 7) is 1.97. The highest BCUT2D eigenvalue weighted by atomic mass is 32.2. The van der Waals surface area contributed by atoms with Crippen LogP contribution in [-0.2, 0) is 23.5 Å². The number of halogens is 3. The lowest BCUT2D eigenvalue weighted by atomic mass is 10.2. The highest BCUT2D eigenvalue weighted by Crippen LogP contribution is 2.29. The van der Waals surface area contributed by atoms with Gasteiger partial charge in [0.25, 0.3) is 10.0 Å². The van der Waals surface area contributed by atoms with Crippen LogP contribution in [0.25, 0.3) is 22.6 Å². The summed E-state index contributed by atoms with van der Waals surface area (Å²) in [5.41, 5.74) is 2.02. The Kier molecular flexibility index (Phi) is 5.70. The first-order chi connectivity index (χ1) is 15.6. The van der Waals surface area contributed by atoms with Gasteiger partial charge in [0.05, 0.1) is 4.90 Å². The molecule has 4 rings (SSSR count). The van der Waals surface area contributed by atoms with Gasteiger partial charge in [-0.25, -0.2) is 23.4 Å². The maximum absolute atomic E-state index is 12.8. The van der Waals surface area contributed by atoms with E-state index in [1.165, 1.54) is 30.6 Å². The van der Waals surface area contributed by atoms with Crippen molar-refractivity contribution in [2.45, 2.75) is 24.6 Å². The van der Waals surface area contributed by atoms with E-state index in [1.54, 1.807) is 23.7 Å². The third-order valence-electron chi connectivity index (χ3n) is 4.88. The highest BCUT2D eigenvalue weighted by molar-refractivity contribution is 7.92. The van der Waals surface area contributed by atoms with Gasteiger partial charge in [0.15, 0.2) is 17.0 Å². The molecule has 0 aliphatic rings. The molecule has 0 aliphatic heterocycles. The summed E-state index contributed by atoms with van der Waals surface area (Å²) in [5, 5.41) is 0. The molecule has 33 heavy (non-hydrogen) atoms. The van der Waals surface area contributed by atoms with Crippen molar-refractivity contribution in [1.29, 1.82) is 0 Å². The lowest BCUT2D eigenvalue weighted by Crippen LogP contribution is -2.16. The fourth-order valence-corrected chi connectivity index (χ4v) is 4.24. The number of aryl methyl sites for hydroxylation is 2. The molecule has 0 fully saturated rings. The predicted molar refractivity (Wildman–Crippen MR) is 115 cm³/mol. The Morgan fingerprint density at radius 1 is 1.03 bits per heavy atom. The van der Waals surface area contributed by atoms with Gasteiger partial charge < -0.3 is 9.30 Å². The molecule has 0 saturated heterocycles. The van der Waals surface area contributed by atoms with Crippen LogP contribution in [0.4, 0.5) is 19.0 Å². The van der Waals surface area contributed by atoms with E-state index >= 15 is 0 Å². The number of ether oxygens (including phenoxy) is 1. The minimum absolute atomic E-state index is 0.0153. The molecule has 2 aromatic carbocycles. The molecule has 0 amide bonds. The lowest BCUT2D eigenvalue weighted by molar-refractivity contribution is -0.274. The number of hydrogen-bond acceptors (Lipinski definition) is 6. The van der Waals surface area contributed by atoms with Crippen molar-refractivity contribution >= 4 is 27.0 Å². The standard InChI is InChI=1S/C21H18F3N5O3S/c1-3-13-4-10-16(11-5-13)33(30,31)28-18-17-20(26-12-25-18)29(2)19(27-17)14-6-8-15(9-7-14)32-21(22,23)24/h4-12H,3H2,1-2H3,(H,25,26,28). The smallest absolute Gasteiger partial charge is 0.406 e. The van der Waals surface area contributed by atoms with E-state index in [0.717, 1.165) is 24.1 Å². The van der Waals surface area contributed by atoms with Crippen LogP contribution in [0.15, 0.2) is 59.8 Å². The van der Waals surface area contributed by atoms with Gasteiger partial charge >= 0.3 is 6.36 Å². The molecule has 0 spiro atoms. The molecule has 4 aromatic rings. The molecule has 1 N–H and O–H groups in total. The zero-order chi connectivity index (χ0) is 23.8. The third-order valence-corrected chi connectivity index (χ3v) is 6.23. The van der Waals surface area contributed by atoms with Crippen molar-refractivity contribution in [3.63, 3.8) is 0 Å². The molecule has 2 heterocycles. The summed E-state index contributed by atoms with van der Waals surface area (Å²) < 4.78 is 70.8. The number of rotatable bonds is 6. The lowest BCUT2D eigenvalue weighted by Gasteiger charge is -2.09. The van der Waals surface area contributed by atoms with Crippen LogP contribution in [0.1, 0.15) is 12.5 Å². The van der Waals surface area contributed by atoms with E-state index in [2.05, 4.69) is 24.4 Å². The zero-order valence-corrected chi connectivity index (χ0v) is 18.3. The van der Waals surface area contributed by atoms with Crippen molar-refractivity contribution in [3.8, 4) is 17.1 Å². The van der Waals surface area contributed by atoms with Crippen LogP contribution < -0.4 is 9.46 Å². The molecule has 0 bridgehead atoms. The Balaban J connectivity index is 1.69. The fraction of sp³-hybridized carbons (Fsp3) is 0.190. The molecule has 172 valence electrons. The van der Waals surface area contributed by atoms with Gasteiger partial charge in [0.1, 0.15) is 17.9 Å². The summed E-state index contributed by atoms with van der Waals surface area (Å²) in [4.78, 5) is 12.7. The van der Waals surface area contributed by atoms with Gasteiger partial charge in [-0.15, -0.1) is 13.2 Å². The van der Waals surface area contributed by atoms with Gasteiger partial charge in [-0.05, 0) is 48.4 Å². The van der Waals surface area contributed by atoms with Gasteiger partial charge in [0.2, 0.25) is 0 Å². The summed E-state index contributed by atoms with van der Waals surface area (Å²) >= 11 is 0. The molecule has 0 aliphatic carbocycles. The van der Waals surface area contributed by atoms with Gasteiger partial charge in [-0.3, -0.25) is 4.72 Å². The normalized spacial score (nSPS) is 12.2. The van der Waals surface area contributed by atoms with E-state index in [1.807, 2.05) is 6.92 Å². The van der Waals surface area contributed by atoms with Crippen molar-refractivity contribution < 1.29 is 26.3 Å². The molecule has 0 saturated carbocycles. The van der Waals surface area contributed by atoms with Gasteiger partial charge in [0, 0.05) is 12.6 Å². The monoisotopic (exact) mass is 477 g/mol. The van der Waals surface area contributed by atoms with Crippen LogP contribution in [-0.4, -0.2) is 34.3 Å². The van der Waals surface area contributed by atoms with E-state index < -0.39 is 16.4 Å². The van der Waals surface area contributed by atoms with E-state index in [-0.39, 0.29) is 22.0 Å². The molecule has 8 nitrogen and oxygen atoms in total. The average Bonchev–Trinajstić information content (AvgIpc) is 3.11. The number of anilines is 1. The quantitative estimate of drug-likeness (QED) is 0.445. The maximum atomic E-state index is 12.8. The van der Waals surface area contributed by atoms with Crippen molar-refractivity contribution in [3.05, 3.63) is 60.4 Å². The topological polar surface area (TPSA) is 99.0 Å². The number of benzene rings is 2. The number of fused-ring (bicyclic) bond motifs is 1. The fourth-order valence-electron chi connectivity index (χ4n) is 3.23. The van der Waals surface area contributed by atoms with Crippen LogP contribution in [0.3, 0.4) is 0 Å². The predicted octanol–water partition coefficient (Wildman–Crippen LogP) is 4.29. The second-order valence-electron chi connectivity index (χ2n) is 7.06. The summed E-state index contributed by atoms with van der Waals surface area (Å²) in [6, 6.07) is 11.6. The molecule has 0 unspecified atom stereocenters. The number of imidazole rings is 1. The Bertz CT molecular complexity index is 1400. The summed E-state index contributed by atoms with van der Waals surface area (Å²) in [6.07, 6.45) is -2.82. The number of sulfonamides is 1. The SMILES string of the molecule is CCc1ccc(S(=O)(=O)Nc2ncnc3c2nc(-c2ccc(OC(F)(F)F)cc2)n3C)cc1. The van der Waals surface area contributed by atoms with Crippen molar-refractivity contribution in [2.75, 3.05) is 4.72 Å². The Hall–Kier alpha value is -3.67. The van der Waals surface area contributed by atoms with Gasteiger partial charge in [-0.2, -0.15) is 0 Å². The summed E-state index contributed by atoms with van der Waals surface area (Å²) in [5.74, 6) is -0.0254. The molecule has 0 radical (unpaired) electrons. The van der Waals surface area contributed by atoms with Crippen molar-refractivity contribution in [2.24, 2.45) is 7.05 Å². The Labute approximate surface area is 187 Å². The van der Waals surface area contributed by atoms with Crippen LogP contribution in [0.5, 0.6) is 5.75 Å². The number of hydrogen-bond donors (Lipinski definition) is 1. The minimum atomic E-state index is -4.79. The zero-order valence-electron chi connectivity index (χ0n) is 17.5. The largest absolute Gasteiger partial charge is 0.573 e. The number of nitrogens with one attached hydrogen (secondary N) is 1. The molecule has 0 atom stereocenters. The molecule has 2 aromatic heterocycles. The van der Waals surface area contributed by atoms with E-state index in [4.69, 9.17) is 0 Å². The number of alkyl halides is 3. The molecular formula is C21H18F3N5O3S. The Morgan fingerprint density at radius 2 is 1.70 bits per heavy atom. The van der Waals surface area contributed by atoms with E-state index in [9.17, 15) is 21.6 Å². The van der Waals surface area contributed by atoms with Crippen LogP contribution >= 0.6 is 0 Å². The minimum Gasteiger partial charge on any atom is -0.406 e. The van der Waals surface area contributed by atoms with Crippen LogP contribution in [0, 0.1) is 0 Å². The van der Waals surface area contributed by atoms with E-state index in [0.29, 0.717) is 17.0 Å². The number of aromatic nitrogens is 4. The highest BCUT2D eigenvalue weighted by Gasteiger charge is 2.31. The van der Waals surface area contributed by atoms with Gasteiger partial charge in [-0.1, -0.05) is 19.1 Å². The summed E-state index contributed by atoms with van der Waals surface area (Å²) in [7, 11) is -2.28. The average molecular weight is 477 g/mol. The van der Waals surface area contributed by atoms with Crippen molar-refractivity contribution in [1.82, 2.24) is 19.5 Å². The first-order valence-electron chi connectivity index (χ1n) is 9.73. The first-order valence-corrected chi connectivity index (χ1v) is 11.2. The maximum Gasteiger partial charge on any atom is 0.573 e. The second kappa shape index (κ2) is 8.35.